The Morgan fingerprint density at radius 2 is 2.23 bits per heavy atom. The van der Waals surface area contributed by atoms with Crippen LogP contribution >= 0.6 is 0 Å². The van der Waals surface area contributed by atoms with E-state index in [-0.39, 0.29) is 0 Å². The molecule has 0 spiro atoms. The molecule has 0 radical (unpaired) electrons. The lowest BCUT2D eigenvalue weighted by atomic mass is 9.99. The number of rotatable bonds is 2. The lowest BCUT2D eigenvalue weighted by Gasteiger charge is -2.07. The lowest BCUT2D eigenvalue weighted by molar-refractivity contribution is 0.979. The van der Waals surface area contributed by atoms with E-state index in [9.17, 15) is 0 Å². The summed E-state index contributed by atoms with van der Waals surface area (Å²) in [6, 6.07) is 8.44. The summed E-state index contributed by atoms with van der Waals surface area (Å²) in [5.41, 5.74) is 2.55. The summed E-state index contributed by atoms with van der Waals surface area (Å²) in [6.45, 7) is 5.97. The molecule has 1 heteroatoms. The minimum atomic E-state index is 0.405. The van der Waals surface area contributed by atoms with Crippen LogP contribution in [-0.2, 0) is 0 Å². The molecule has 0 bridgehead atoms. The Hall–Kier alpha value is -1.50. The SMILES string of the molecule is C=C[C@H](C)c1cccc2cc[nH]c12. The molecule has 0 saturated heterocycles. The molecule has 0 fully saturated rings. The molecule has 2 aromatic rings. The highest BCUT2D eigenvalue weighted by atomic mass is 14.7. The van der Waals surface area contributed by atoms with Gasteiger partial charge in [0, 0.05) is 17.6 Å². The van der Waals surface area contributed by atoms with Gasteiger partial charge in [0.15, 0.2) is 0 Å². The summed E-state index contributed by atoms with van der Waals surface area (Å²) in [5.74, 6) is 0.405. The first-order valence-corrected chi connectivity index (χ1v) is 4.51. The molecule has 0 amide bonds. The average Bonchev–Trinajstić information content (AvgIpc) is 2.63. The van der Waals surface area contributed by atoms with Gasteiger partial charge in [0.05, 0.1) is 0 Å². The molecule has 1 heterocycles. The summed E-state index contributed by atoms with van der Waals surface area (Å²) in [5, 5.41) is 1.27. The Kier molecular flexibility index (Phi) is 1.93. The van der Waals surface area contributed by atoms with Crippen molar-refractivity contribution >= 4 is 10.9 Å². The molecule has 2 rings (SSSR count). The van der Waals surface area contributed by atoms with Crippen LogP contribution < -0.4 is 0 Å². The van der Waals surface area contributed by atoms with Crippen LogP contribution in [0.25, 0.3) is 10.9 Å². The van der Waals surface area contributed by atoms with Crippen LogP contribution in [0, 0.1) is 0 Å². The summed E-state index contributed by atoms with van der Waals surface area (Å²) in [4.78, 5) is 3.26. The minimum absolute atomic E-state index is 0.405. The Labute approximate surface area is 78.1 Å². The van der Waals surface area contributed by atoms with Crippen molar-refractivity contribution in [3.05, 3.63) is 48.7 Å². The topological polar surface area (TPSA) is 15.8 Å². The summed E-state index contributed by atoms with van der Waals surface area (Å²) in [6.07, 6.45) is 3.94. The number of hydrogen-bond acceptors (Lipinski definition) is 0. The lowest BCUT2D eigenvalue weighted by Crippen LogP contribution is -1.89. The number of allylic oxidation sites excluding steroid dienone is 1. The zero-order valence-electron chi connectivity index (χ0n) is 7.75. The number of H-pyrrole nitrogens is 1. The maximum Gasteiger partial charge on any atom is 0.0492 e. The largest absolute Gasteiger partial charge is 0.361 e. The van der Waals surface area contributed by atoms with Crippen LogP contribution in [0.1, 0.15) is 18.4 Å². The van der Waals surface area contributed by atoms with Crippen LogP contribution in [0.3, 0.4) is 0 Å². The van der Waals surface area contributed by atoms with Crippen molar-refractivity contribution in [3.63, 3.8) is 0 Å². The van der Waals surface area contributed by atoms with E-state index in [1.807, 2.05) is 12.3 Å². The van der Waals surface area contributed by atoms with Crippen LogP contribution in [0.5, 0.6) is 0 Å². The van der Waals surface area contributed by atoms with E-state index in [0.717, 1.165) is 0 Å². The van der Waals surface area contributed by atoms with Crippen LogP contribution in [0.15, 0.2) is 43.1 Å². The number of para-hydroxylation sites is 1. The van der Waals surface area contributed by atoms with Gasteiger partial charge in [-0.3, -0.25) is 0 Å². The van der Waals surface area contributed by atoms with E-state index in [2.05, 4.69) is 42.8 Å². The Morgan fingerprint density at radius 1 is 1.38 bits per heavy atom. The Balaban J connectivity index is 2.67. The predicted molar refractivity (Wildman–Crippen MR) is 56.9 cm³/mol. The van der Waals surface area contributed by atoms with Gasteiger partial charge in [-0.05, 0) is 17.0 Å². The third kappa shape index (κ3) is 1.26. The molecule has 0 aliphatic carbocycles. The smallest absolute Gasteiger partial charge is 0.0492 e. The first-order valence-electron chi connectivity index (χ1n) is 4.51. The van der Waals surface area contributed by atoms with Gasteiger partial charge in [0.25, 0.3) is 0 Å². The van der Waals surface area contributed by atoms with Gasteiger partial charge in [0.2, 0.25) is 0 Å². The zero-order chi connectivity index (χ0) is 9.26. The number of nitrogens with one attached hydrogen (secondary N) is 1. The maximum atomic E-state index is 3.81. The molecule has 1 N–H and O–H groups in total. The molecule has 1 nitrogen and oxygen atoms in total. The van der Waals surface area contributed by atoms with Crippen LogP contribution in [0.4, 0.5) is 0 Å². The average molecular weight is 171 g/mol. The van der Waals surface area contributed by atoms with E-state index in [1.54, 1.807) is 0 Å². The molecule has 66 valence electrons. The number of hydrogen-bond donors (Lipinski definition) is 1. The molecule has 13 heavy (non-hydrogen) atoms. The van der Waals surface area contributed by atoms with E-state index in [4.69, 9.17) is 0 Å². The third-order valence-corrected chi connectivity index (χ3v) is 2.46. The van der Waals surface area contributed by atoms with E-state index >= 15 is 0 Å². The first kappa shape index (κ1) is 8.11. The van der Waals surface area contributed by atoms with Crippen molar-refractivity contribution in [3.8, 4) is 0 Å². The first-order chi connectivity index (χ1) is 6.33. The summed E-state index contributed by atoms with van der Waals surface area (Å²) in [7, 11) is 0. The van der Waals surface area contributed by atoms with Gasteiger partial charge in [0.1, 0.15) is 0 Å². The zero-order valence-corrected chi connectivity index (χ0v) is 7.75. The second kappa shape index (κ2) is 3.09. The Bertz CT molecular complexity index is 425. The standard InChI is InChI=1S/C12H13N/c1-3-9(2)11-6-4-5-10-7-8-13-12(10)11/h3-9,13H,1H2,2H3/t9-/m0/s1. The highest BCUT2D eigenvalue weighted by Gasteiger charge is 2.05. The van der Waals surface area contributed by atoms with Crippen molar-refractivity contribution < 1.29 is 0 Å². The molecule has 0 unspecified atom stereocenters. The highest BCUT2D eigenvalue weighted by Crippen LogP contribution is 2.24. The van der Waals surface area contributed by atoms with Crippen molar-refractivity contribution in [2.45, 2.75) is 12.8 Å². The van der Waals surface area contributed by atoms with Gasteiger partial charge in [-0.15, -0.1) is 6.58 Å². The molecule has 0 aliphatic heterocycles. The van der Waals surface area contributed by atoms with E-state index in [0.29, 0.717) is 5.92 Å². The fraction of sp³-hybridized carbons (Fsp3) is 0.167. The summed E-state index contributed by atoms with van der Waals surface area (Å²) < 4.78 is 0. The van der Waals surface area contributed by atoms with Crippen LogP contribution in [0.2, 0.25) is 0 Å². The molecule has 0 aliphatic rings. The molecule has 1 aromatic heterocycles. The highest BCUT2D eigenvalue weighted by molar-refractivity contribution is 5.83. The van der Waals surface area contributed by atoms with Crippen molar-refractivity contribution in [2.75, 3.05) is 0 Å². The van der Waals surface area contributed by atoms with Gasteiger partial charge in [-0.2, -0.15) is 0 Å². The maximum absolute atomic E-state index is 3.81. The summed E-state index contributed by atoms with van der Waals surface area (Å²) >= 11 is 0. The van der Waals surface area contributed by atoms with Crippen molar-refractivity contribution in [1.29, 1.82) is 0 Å². The molecule has 0 saturated carbocycles. The molecular weight excluding hydrogens is 158 g/mol. The quantitative estimate of drug-likeness (QED) is 0.666. The molecular formula is C12H13N. The molecule has 1 atom stereocenters. The number of aromatic amines is 1. The monoisotopic (exact) mass is 171 g/mol. The second-order valence-corrected chi connectivity index (χ2v) is 3.31. The van der Waals surface area contributed by atoms with Crippen LogP contribution in [-0.4, -0.2) is 4.98 Å². The number of fused-ring (bicyclic) bond motifs is 1. The number of aromatic nitrogens is 1. The van der Waals surface area contributed by atoms with Crippen molar-refractivity contribution in [1.82, 2.24) is 4.98 Å². The Morgan fingerprint density at radius 3 is 3.00 bits per heavy atom. The van der Waals surface area contributed by atoms with E-state index < -0.39 is 0 Å². The predicted octanol–water partition coefficient (Wildman–Crippen LogP) is 3.46. The van der Waals surface area contributed by atoms with Gasteiger partial charge in [-0.1, -0.05) is 31.2 Å². The van der Waals surface area contributed by atoms with Crippen molar-refractivity contribution in [2.24, 2.45) is 0 Å². The van der Waals surface area contributed by atoms with E-state index in [1.165, 1.54) is 16.5 Å². The normalized spacial score (nSPS) is 13.0. The second-order valence-electron chi connectivity index (χ2n) is 3.31. The number of benzene rings is 1. The van der Waals surface area contributed by atoms with Gasteiger partial charge < -0.3 is 4.98 Å². The third-order valence-electron chi connectivity index (χ3n) is 2.46. The fourth-order valence-corrected chi connectivity index (χ4v) is 1.62. The molecule has 1 aromatic carbocycles. The fourth-order valence-electron chi connectivity index (χ4n) is 1.62. The minimum Gasteiger partial charge on any atom is -0.361 e. The van der Waals surface area contributed by atoms with Gasteiger partial charge >= 0.3 is 0 Å². The van der Waals surface area contributed by atoms with Gasteiger partial charge in [-0.25, -0.2) is 0 Å².